The summed E-state index contributed by atoms with van der Waals surface area (Å²) in [6, 6.07) is -1.14. The van der Waals surface area contributed by atoms with E-state index < -0.39 is 42.7 Å². The van der Waals surface area contributed by atoms with Crippen LogP contribution in [0.3, 0.4) is 0 Å². The number of hydrogen-bond acceptors (Lipinski definition) is 10. The van der Waals surface area contributed by atoms with E-state index in [0.29, 0.717) is 0 Å². The molecule has 0 amide bonds. The summed E-state index contributed by atoms with van der Waals surface area (Å²) in [4.78, 5) is 10.0. The SMILES string of the molecule is O=[N+]([O-])C(CCCS(=O)(=O)OO)CCCS(=O)(=O)OO. The van der Waals surface area contributed by atoms with E-state index in [0.717, 1.165) is 0 Å². The summed E-state index contributed by atoms with van der Waals surface area (Å²) in [6.07, 6.45) is -0.513. The van der Waals surface area contributed by atoms with Crippen molar-refractivity contribution in [2.75, 3.05) is 11.5 Å². The largest absolute Gasteiger partial charge is 0.293 e. The molecule has 0 bridgehead atoms. The monoisotopic (exact) mass is 337 g/mol. The quantitative estimate of drug-likeness (QED) is 0.293. The van der Waals surface area contributed by atoms with Gasteiger partial charge in [-0.15, -0.1) is 8.67 Å². The van der Waals surface area contributed by atoms with Gasteiger partial charge in [-0.2, -0.15) is 16.8 Å². The predicted molar refractivity (Wildman–Crippen MR) is 64.3 cm³/mol. The van der Waals surface area contributed by atoms with Crippen molar-refractivity contribution in [3.05, 3.63) is 10.1 Å². The average molecular weight is 337 g/mol. The minimum absolute atomic E-state index is 0.127. The first-order valence-electron chi connectivity index (χ1n) is 5.38. The highest BCUT2D eigenvalue weighted by atomic mass is 32.2. The van der Waals surface area contributed by atoms with Crippen LogP contribution in [-0.4, -0.2) is 49.8 Å². The van der Waals surface area contributed by atoms with Crippen LogP contribution in [0.1, 0.15) is 25.7 Å². The average Bonchev–Trinajstić information content (AvgIpc) is 2.36. The van der Waals surface area contributed by atoms with E-state index in [-0.39, 0.29) is 25.7 Å². The van der Waals surface area contributed by atoms with E-state index in [1.165, 1.54) is 0 Å². The van der Waals surface area contributed by atoms with Crippen LogP contribution in [0.4, 0.5) is 0 Å². The van der Waals surface area contributed by atoms with Crippen LogP contribution in [0.2, 0.25) is 0 Å². The highest BCUT2D eigenvalue weighted by Gasteiger charge is 2.23. The first-order chi connectivity index (χ1) is 9.13. The highest BCUT2D eigenvalue weighted by molar-refractivity contribution is 7.86. The molecular formula is C7H15NO10S2. The van der Waals surface area contributed by atoms with Crippen LogP contribution >= 0.6 is 0 Å². The molecule has 0 saturated heterocycles. The lowest BCUT2D eigenvalue weighted by Gasteiger charge is -2.08. The molecule has 120 valence electrons. The van der Waals surface area contributed by atoms with E-state index in [1.54, 1.807) is 0 Å². The molecule has 13 heteroatoms. The van der Waals surface area contributed by atoms with Crippen molar-refractivity contribution in [2.45, 2.75) is 31.7 Å². The van der Waals surface area contributed by atoms with Crippen LogP contribution in [0.25, 0.3) is 0 Å². The van der Waals surface area contributed by atoms with Gasteiger partial charge in [-0.1, -0.05) is 0 Å². The molecule has 0 heterocycles. The van der Waals surface area contributed by atoms with Gasteiger partial charge in [0.2, 0.25) is 6.04 Å². The molecule has 0 atom stereocenters. The second-order valence-corrected chi connectivity index (χ2v) is 7.24. The molecule has 0 aliphatic carbocycles. The Hall–Kier alpha value is -0.860. The lowest BCUT2D eigenvalue weighted by molar-refractivity contribution is -0.524. The molecule has 0 unspecified atom stereocenters. The molecule has 0 aromatic heterocycles. The van der Waals surface area contributed by atoms with Crippen LogP contribution in [0.5, 0.6) is 0 Å². The summed E-state index contributed by atoms with van der Waals surface area (Å²) in [5.74, 6) is -1.18. The van der Waals surface area contributed by atoms with Gasteiger partial charge >= 0.3 is 0 Å². The fraction of sp³-hybridized carbons (Fsp3) is 1.00. The number of nitrogens with zero attached hydrogens (tertiary/aromatic N) is 1. The predicted octanol–water partition coefficient (Wildman–Crippen LogP) is -0.169. The fourth-order valence-corrected chi connectivity index (χ4v) is 2.61. The van der Waals surface area contributed by atoms with Gasteiger partial charge in [0.1, 0.15) is 0 Å². The van der Waals surface area contributed by atoms with Crippen molar-refractivity contribution in [1.82, 2.24) is 0 Å². The molecule has 0 saturated carbocycles. The van der Waals surface area contributed by atoms with E-state index >= 15 is 0 Å². The van der Waals surface area contributed by atoms with Crippen molar-refractivity contribution in [2.24, 2.45) is 0 Å². The minimum Gasteiger partial charge on any atom is -0.264 e. The van der Waals surface area contributed by atoms with Crippen molar-refractivity contribution in [3.63, 3.8) is 0 Å². The van der Waals surface area contributed by atoms with Gasteiger partial charge in [-0.05, 0) is 12.8 Å². The van der Waals surface area contributed by atoms with Gasteiger partial charge in [0.15, 0.2) is 0 Å². The van der Waals surface area contributed by atoms with Crippen molar-refractivity contribution >= 4 is 20.2 Å². The highest BCUT2D eigenvalue weighted by Crippen LogP contribution is 2.11. The first kappa shape index (κ1) is 19.1. The zero-order valence-corrected chi connectivity index (χ0v) is 11.9. The van der Waals surface area contributed by atoms with E-state index in [9.17, 15) is 26.9 Å². The molecule has 0 fully saturated rings. The van der Waals surface area contributed by atoms with Gasteiger partial charge in [-0.25, -0.2) is 10.5 Å². The molecule has 0 aliphatic heterocycles. The van der Waals surface area contributed by atoms with E-state index in [1.807, 2.05) is 0 Å². The Kier molecular flexibility index (Phi) is 8.07. The summed E-state index contributed by atoms with van der Waals surface area (Å²) in [7, 11) is -8.21. The third kappa shape index (κ3) is 8.34. The van der Waals surface area contributed by atoms with Crippen LogP contribution < -0.4 is 0 Å². The second kappa shape index (κ2) is 8.43. The zero-order chi connectivity index (χ0) is 15.8. The smallest absolute Gasteiger partial charge is 0.264 e. The van der Waals surface area contributed by atoms with Crippen molar-refractivity contribution in [1.29, 1.82) is 0 Å². The maximum Gasteiger partial charge on any atom is 0.293 e. The molecular weight excluding hydrogens is 322 g/mol. The number of hydrogen-bond donors (Lipinski definition) is 2. The maximum atomic E-state index is 10.8. The third-order valence-corrected chi connectivity index (χ3v) is 4.42. The van der Waals surface area contributed by atoms with E-state index in [2.05, 4.69) is 8.67 Å². The Morgan fingerprint density at radius 2 is 1.30 bits per heavy atom. The normalized spacial score (nSPS) is 12.8. The Labute approximate surface area is 115 Å². The Morgan fingerprint density at radius 1 is 0.950 bits per heavy atom. The lowest BCUT2D eigenvalue weighted by atomic mass is 10.1. The van der Waals surface area contributed by atoms with Gasteiger partial charge in [0.05, 0.1) is 11.5 Å². The fourth-order valence-electron chi connectivity index (χ4n) is 1.42. The van der Waals surface area contributed by atoms with Crippen LogP contribution in [-0.2, 0) is 28.9 Å². The number of rotatable bonds is 11. The molecule has 20 heavy (non-hydrogen) atoms. The third-order valence-electron chi connectivity index (χ3n) is 2.39. The summed E-state index contributed by atoms with van der Waals surface area (Å²) < 4.78 is 49.5. The molecule has 0 aromatic rings. The molecule has 0 spiro atoms. The van der Waals surface area contributed by atoms with Gasteiger partial charge in [-0.3, -0.25) is 10.1 Å². The van der Waals surface area contributed by atoms with Crippen molar-refractivity contribution in [3.8, 4) is 0 Å². The minimum atomic E-state index is -4.10. The Morgan fingerprint density at radius 3 is 1.55 bits per heavy atom. The zero-order valence-electron chi connectivity index (χ0n) is 10.2. The standard InChI is InChI=1S/C7H15NO10S2/c9-8(10)7(3-1-5-19(13,14)17-11)4-2-6-20(15,16)18-12/h7,11-12H,1-6H2. The summed E-state index contributed by atoms with van der Waals surface area (Å²) in [5, 5.41) is 26.7. The van der Waals surface area contributed by atoms with Gasteiger partial charge in [0, 0.05) is 17.8 Å². The molecule has 0 rings (SSSR count). The molecule has 2 N–H and O–H groups in total. The van der Waals surface area contributed by atoms with E-state index in [4.69, 9.17) is 10.5 Å². The van der Waals surface area contributed by atoms with Crippen molar-refractivity contribution < 1.29 is 40.9 Å². The summed E-state index contributed by atoms with van der Waals surface area (Å²) in [5.41, 5.74) is 0. The first-order valence-corrected chi connectivity index (χ1v) is 8.54. The number of nitro groups is 1. The Balaban J connectivity index is 4.23. The maximum absolute atomic E-state index is 10.8. The molecule has 11 nitrogen and oxygen atoms in total. The summed E-state index contributed by atoms with van der Waals surface area (Å²) in [6.45, 7) is 0. The molecule has 0 radical (unpaired) electrons. The van der Waals surface area contributed by atoms with Crippen LogP contribution in [0.15, 0.2) is 0 Å². The lowest BCUT2D eigenvalue weighted by Crippen LogP contribution is -2.22. The molecule has 0 aromatic carbocycles. The van der Waals surface area contributed by atoms with Gasteiger partial charge < -0.3 is 0 Å². The van der Waals surface area contributed by atoms with Gasteiger partial charge in [0.25, 0.3) is 20.2 Å². The topological polar surface area (TPSA) is 170 Å². The van der Waals surface area contributed by atoms with Crippen LogP contribution in [0, 0.1) is 10.1 Å². The summed E-state index contributed by atoms with van der Waals surface area (Å²) >= 11 is 0. The Bertz CT molecular complexity index is 458. The second-order valence-electron chi connectivity index (χ2n) is 3.90. The molecule has 0 aliphatic rings.